The quantitative estimate of drug-likeness (QED) is 0.263. The van der Waals surface area contributed by atoms with Gasteiger partial charge in [-0.1, -0.05) is 43.8 Å². The van der Waals surface area contributed by atoms with Gasteiger partial charge in [-0.3, -0.25) is 4.79 Å². The zero-order valence-corrected chi connectivity index (χ0v) is 22.4. The van der Waals surface area contributed by atoms with Crippen LogP contribution >= 0.6 is 0 Å². The highest BCUT2D eigenvalue weighted by molar-refractivity contribution is 5.97. The van der Waals surface area contributed by atoms with Crippen molar-refractivity contribution in [3.8, 4) is 0 Å². The molecule has 2 aliphatic heterocycles. The Morgan fingerprint density at radius 1 is 1.07 bits per heavy atom. The van der Waals surface area contributed by atoms with Gasteiger partial charge < -0.3 is 39.4 Å². The molecule has 4 aliphatic rings. The lowest BCUT2D eigenvalue weighted by Gasteiger charge is -2.40. The number of hydrogen-bond acceptors (Lipinski definition) is 11. The van der Waals surface area contributed by atoms with Crippen LogP contribution in [-0.2, 0) is 33.3 Å². The van der Waals surface area contributed by atoms with Crippen molar-refractivity contribution in [2.24, 2.45) is 23.7 Å². The number of carbonyl (C=O) groups excluding carboxylic acids is 3. The molecular formula is C30H34O11. The van der Waals surface area contributed by atoms with Crippen LogP contribution in [0.4, 0.5) is 0 Å². The van der Waals surface area contributed by atoms with Crippen molar-refractivity contribution in [1.82, 2.24) is 0 Å². The molecule has 41 heavy (non-hydrogen) atoms. The molecule has 0 bridgehead atoms. The molecule has 1 aromatic rings. The highest BCUT2D eigenvalue weighted by Gasteiger charge is 2.58. The summed E-state index contributed by atoms with van der Waals surface area (Å²) < 4.78 is 22.7. The number of hydrogen-bond donors (Lipinski definition) is 4. The number of rotatable bonds is 7. The van der Waals surface area contributed by atoms with Crippen LogP contribution in [0.3, 0.4) is 0 Å². The Morgan fingerprint density at radius 2 is 1.80 bits per heavy atom. The van der Waals surface area contributed by atoms with Crippen molar-refractivity contribution in [2.45, 2.75) is 56.3 Å². The topological polar surface area (TPSA) is 169 Å². The maximum Gasteiger partial charge on any atom is 0.334 e. The van der Waals surface area contributed by atoms with Crippen LogP contribution in [0.1, 0.15) is 18.9 Å². The van der Waals surface area contributed by atoms with E-state index in [1.165, 1.54) is 12.2 Å². The number of aliphatic hydroxyl groups is 4. The van der Waals surface area contributed by atoms with Gasteiger partial charge in [0.05, 0.1) is 19.1 Å². The molecule has 11 nitrogen and oxygen atoms in total. The average molecular weight is 571 g/mol. The number of esters is 2. The van der Waals surface area contributed by atoms with Gasteiger partial charge in [-0.15, -0.1) is 0 Å². The molecule has 220 valence electrons. The van der Waals surface area contributed by atoms with Gasteiger partial charge in [-0.05, 0) is 35.6 Å². The van der Waals surface area contributed by atoms with E-state index in [4.69, 9.17) is 18.9 Å². The van der Waals surface area contributed by atoms with Crippen molar-refractivity contribution >= 4 is 23.8 Å². The SMILES string of the molecule is C=C1C(=O)O[C@@H]2[C@H]3C(CO[C@H]4O[C@H](CO)[C@@H](O)[C@H](O)[C@H]4O)=CC(=O)[C@H]3[C@@H](C)C[C@H](OC(=O)C=Cc3ccccc3)[C@@H]12. The van der Waals surface area contributed by atoms with Gasteiger partial charge in [-0.25, -0.2) is 9.59 Å². The Balaban J connectivity index is 1.35. The molecule has 2 aliphatic carbocycles. The van der Waals surface area contributed by atoms with Crippen LogP contribution < -0.4 is 0 Å². The Hall–Kier alpha value is -3.19. The third-order valence-electron chi connectivity index (χ3n) is 8.45. The standard InChI is InChI=1S/C30H34O11/c1-14-10-19(39-21(33)9-8-16-6-4-3-5-7-16)23-15(2)29(37)41-28(23)24-17(11-18(32)22(14)24)13-38-30-27(36)26(35)25(34)20(12-31)40-30/h3-9,11,14,19-20,22-28,30-31,34-36H,2,10,12-13H2,1H3/t14-,19-,20+,22+,23+,24-,25+,26-,27+,28-,30-/m0/s1. The fourth-order valence-corrected chi connectivity index (χ4v) is 6.39. The number of benzene rings is 1. The first-order chi connectivity index (χ1) is 19.6. The Kier molecular flexibility index (Phi) is 8.55. The van der Waals surface area contributed by atoms with Crippen LogP contribution in [0.25, 0.3) is 6.08 Å². The van der Waals surface area contributed by atoms with E-state index in [0.29, 0.717) is 12.0 Å². The number of carbonyl (C=O) groups is 3. The van der Waals surface area contributed by atoms with E-state index >= 15 is 0 Å². The van der Waals surface area contributed by atoms with Crippen molar-refractivity contribution in [1.29, 1.82) is 0 Å². The minimum Gasteiger partial charge on any atom is -0.458 e. The first-order valence-electron chi connectivity index (χ1n) is 13.6. The summed E-state index contributed by atoms with van der Waals surface area (Å²) in [6.45, 7) is 4.95. The summed E-state index contributed by atoms with van der Waals surface area (Å²) >= 11 is 0. The molecule has 0 radical (unpaired) electrons. The van der Waals surface area contributed by atoms with Crippen molar-refractivity contribution < 1.29 is 53.8 Å². The largest absolute Gasteiger partial charge is 0.458 e. The van der Waals surface area contributed by atoms with Crippen LogP contribution in [0.5, 0.6) is 0 Å². The summed E-state index contributed by atoms with van der Waals surface area (Å²) in [6, 6.07) is 9.23. The van der Waals surface area contributed by atoms with Gasteiger partial charge in [0.2, 0.25) is 0 Å². The van der Waals surface area contributed by atoms with E-state index in [2.05, 4.69) is 6.58 Å². The molecule has 4 N–H and O–H groups in total. The normalized spacial score (nSPS) is 38.7. The molecule has 0 spiro atoms. The fraction of sp³-hybridized carbons (Fsp3) is 0.500. The number of ketones is 1. The van der Waals surface area contributed by atoms with Crippen LogP contribution in [-0.4, -0.2) is 94.3 Å². The van der Waals surface area contributed by atoms with E-state index in [0.717, 1.165) is 5.56 Å². The summed E-state index contributed by atoms with van der Waals surface area (Å²) in [5.41, 5.74) is 1.45. The Bertz CT molecular complexity index is 1240. The third-order valence-corrected chi connectivity index (χ3v) is 8.45. The minimum absolute atomic E-state index is 0.154. The zero-order chi connectivity index (χ0) is 29.4. The second-order valence-electron chi connectivity index (χ2n) is 11.0. The number of aliphatic hydroxyl groups excluding tert-OH is 4. The molecule has 1 aromatic carbocycles. The maximum absolute atomic E-state index is 13.2. The monoisotopic (exact) mass is 570 g/mol. The molecule has 5 rings (SSSR count). The summed E-state index contributed by atoms with van der Waals surface area (Å²) in [7, 11) is 0. The molecule has 1 saturated carbocycles. The van der Waals surface area contributed by atoms with Crippen molar-refractivity contribution in [3.05, 3.63) is 65.8 Å². The molecule has 0 amide bonds. The van der Waals surface area contributed by atoms with Crippen LogP contribution in [0.15, 0.2) is 60.2 Å². The van der Waals surface area contributed by atoms with Gasteiger partial charge >= 0.3 is 11.9 Å². The first-order valence-corrected chi connectivity index (χ1v) is 13.6. The third kappa shape index (κ3) is 5.66. The summed E-state index contributed by atoms with van der Waals surface area (Å²) in [6.07, 6.45) is -4.29. The second kappa shape index (κ2) is 12.0. The summed E-state index contributed by atoms with van der Waals surface area (Å²) in [5, 5.41) is 39.9. The van der Waals surface area contributed by atoms with Crippen molar-refractivity contribution in [3.63, 3.8) is 0 Å². The first kappa shape index (κ1) is 29.3. The lowest BCUT2D eigenvalue weighted by atomic mass is 9.78. The average Bonchev–Trinajstić information content (AvgIpc) is 3.40. The van der Waals surface area contributed by atoms with E-state index in [9.17, 15) is 34.8 Å². The number of ether oxygens (including phenoxy) is 4. The van der Waals surface area contributed by atoms with E-state index in [-0.39, 0.29) is 23.9 Å². The molecule has 0 unspecified atom stereocenters. The predicted octanol–water partition coefficient (Wildman–Crippen LogP) is 0.307. The highest BCUT2D eigenvalue weighted by atomic mass is 16.7. The van der Waals surface area contributed by atoms with E-state index in [1.807, 2.05) is 37.3 Å². The second-order valence-corrected chi connectivity index (χ2v) is 11.0. The minimum atomic E-state index is -1.62. The fourth-order valence-electron chi connectivity index (χ4n) is 6.39. The maximum atomic E-state index is 13.2. The van der Waals surface area contributed by atoms with Gasteiger partial charge in [0.1, 0.15) is 36.6 Å². The van der Waals surface area contributed by atoms with Gasteiger partial charge in [-0.2, -0.15) is 0 Å². The molecule has 3 fully saturated rings. The lowest BCUT2D eigenvalue weighted by Crippen LogP contribution is -2.59. The predicted molar refractivity (Wildman–Crippen MR) is 141 cm³/mol. The molecule has 11 heteroatoms. The molecule has 0 aromatic heterocycles. The molecule has 11 atom stereocenters. The summed E-state index contributed by atoms with van der Waals surface area (Å²) in [4.78, 5) is 38.7. The Morgan fingerprint density at radius 3 is 2.51 bits per heavy atom. The molecule has 2 heterocycles. The van der Waals surface area contributed by atoms with E-state index < -0.39 is 79.2 Å². The van der Waals surface area contributed by atoms with Crippen LogP contribution in [0, 0.1) is 23.7 Å². The molecule has 2 saturated heterocycles. The smallest absolute Gasteiger partial charge is 0.334 e. The van der Waals surface area contributed by atoms with Gasteiger partial charge in [0, 0.05) is 23.5 Å². The number of fused-ring (bicyclic) bond motifs is 3. The van der Waals surface area contributed by atoms with Gasteiger partial charge in [0.25, 0.3) is 0 Å². The summed E-state index contributed by atoms with van der Waals surface area (Å²) in [5.74, 6) is -3.59. The van der Waals surface area contributed by atoms with E-state index in [1.54, 1.807) is 6.08 Å². The van der Waals surface area contributed by atoms with Crippen LogP contribution in [0.2, 0.25) is 0 Å². The van der Waals surface area contributed by atoms with Gasteiger partial charge in [0.15, 0.2) is 12.1 Å². The molecular weight excluding hydrogens is 536 g/mol. The number of allylic oxidation sites excluding steroid dienone is 1. The Labute approximate surface area is 236 Å². The highest BCUT2D eigenvalue weighted by Crippen LogP contribution is 2.50. The van der Waals surface area contributed by atoms with Crippen molar-refractivity contribution in [2.75, 3.05) is 13.2 Å². The zero-order valence-electron chi connectivity index (χ0n) is 22.4. The lowest BCUT2D eigenvalue weighted by molar-refractivity contribution is -0.299.